The number of carbonyl (C=O) groups excluding carboxylic acids is 2. The molecule has 1 unspecified atom stereocenters. The van der Waals surface area contributed by atoms with Crippen LogP contribution in [0, 0.1) is 6.92 Å². The summed E-state index contributed by atoms with van der Waals surface area (Å²) in [5, 5.41) is 2.86. The number of nitrogens with one attached hydrogen (secondary N) is 1. The van der Waals surface area contributed by atoms with Crippen LogP contribution in [0.15, 0.2) is 48.5 Å². The van der Waals surface area contributed by atoms with Crippen molar-refractivity contribution >= 4 is 11.8 Å². The number of carbonyl (C=O) groups is 2. The van der Waals surface area contributed by atoms with Crippen LogP contribution in [-0.4, -0.2) is 29.8 Å². The summed E-state index contributed by atoms with van der Waals surface area (Å²) in [6.07, 6.45) is 3.36. The van der Waals surface area contributed by atoms with E-state index in [2.05, 4.69) is 5.32 Å². The highest BCUT2D eigenvalue weighted by Gasteiger charge is 2.18. The fourth-order valence-corrected chi connectivity index (χ4v) is 3.27. The van der Waals surface area contributed by atoms with E-state index in [0.717, 1.165) is 42.6 Å². The lowest BCUT2D eigenvalue weighted by molar-refractivity contribution is -0.122. The van der Waals surface area contributed by atoms with Gasteiger partial charge in [-0.05, 0) is 49.4 Å². The first kappa shape index (κ1) is 19.1. The molecule has 2 aromatic carbocycles. The van der Waals surface area contributed by atoms with Crippen molar-refractivity contribution in [2.75, 3.05) is 13.1 Å². The molecule has 3 rings (SSSR count). The summed E-state index contributed by atoms with van der Waals surface area (Å²) < 4.78 is 0. The Morgan fingerprint density at radius 1 is 1.00 bits per heavy atom. The molecule has 0 radical (unpaired) electrons. The van der Waals surface area contributed by atoms with Gasteiger partial charge in [-0.3, -0.25) is 9.59 Å². The fourth-order valence-electron chi connectivity index (χ4n) is 3.27. The summed E-state index contributed by atoms with van der Waals surface area (Å²) in [6, 6.07) is 14.4. The van der Waals surface area contributed by atoms with Crippen LogP contribution in [0.4, 0.5) is 0 Å². The zero-order valence-corrected chi connectivity index (χ0v) is 15.8. The summed E-state index contributed by atoms with van der Waals surface area (Å²) in [4.78, 5) is 26.7. The third kappa shape index (κ3) is 4.95. The first-order valence-electron chi connectivity index (χ1n) is 9.52. The largest absolute Gasteiger partial charge is 0.350 e. The quantitative estimate of drug-likeness (QED) is 0.855. The first-order valence-corrected chi connectivity index (χ1v) is 9.52. The van der Waals surface area contributed by atoms with Crippen LogP contribution in [0.25, 0.3) is 0 Å². The molecule has 27 heavy (non-hydrogen) atoms. The molecule has 2 amide bonds. The van der Waals surface area contributed by atoms with Crippen molar-refractivity contribution in [1.29, 1.82) is 0 Å². The molecule has 0 saturated carbocycles. The Kier molecular flexibility index (Phi) is 6.24. The lowest BCUT2D eigenvalue weighted by Gasteiger charge is -2.26. The topological polar surface area (TPSA) is 75.4 Å². The van der Waals surface area contributed by atoms with E-state index in [0.29, 0.717) is 12.1 Å². The number of nitrogens with two attached hydrogens (primary N) is 1. The third-order valence-electron chi connectivity index (χ3n) is 5.03. The second-order valence-corrected chi connectivity index (χ2v) is 7.16. The van der Waals surface area contributed by atoms with E-state index in [1.54, 1.807) is 0 Å². The predicted octanol–water partition coefficient (Wildman–Crippen LogP) is 2.94. The molecule has 0 aliphatic carbocycles. The first-order chi connectivity index (χ1) is 13.0. The average molecular weight is 365 g/mol. The van der Waals surface area contributed by atoms with E-state index in [9.17, 15) is 9.59 Å². The van der Waals surface area contributed by atoms with Crippen LogP contribution < -0.4 is 11.1 Å². The van der Waals surface area contributed by atoms with Crippen LogP contribution in [0.5, 0.6) is 0 Å². The van der Waals surface area contributed by atoms with Gasteiger partial charge < -0.3 is 16.0 Å². The molecule has 1 saturated heterocycles. The Morgan fingerprint density at radius 3 is 2.26 bits per heavy atom. The molecule has 1 atom stereocenters. The summed E-state index contributed by atoms with van der Waals surface area (Å²) in [7, 11) is 0. The molecule has 142 valence electrons. The van der Waals surface area contributed by atoms with Crippen molar-refractivity contribution in [3.05, 3.63) is 70.8 Å². The van der Waals surface area contributed by atoms with Gasteiger partial charge in [0.25, 0.3) is 5.91 Å². The number of rotatable bonds is 5. The highest BCUT2D eigenvalue weighted by Crippen LogP contribution is 2.15. The number of benzene rings is 2. The van der Waals surface area contributed by atoms with E-state index in [4.69, 9.17) is 5.73 Å². The Labute approximate surface area is 160 Å². The van der Waals surface area contributed by atoms with Crippen LogP contribution in [0.3, 0.4) is 0 Å². The van der Waals surface area contributed by atoms with Crippen molar-refractivity contribution in [3.8, 4) is 0 Å². The number of nitrogens with zero attached hydrogens (tertiary/aromatic N) is 1. The van der Waals surface area contributed by atoms with E-state index in [1.807, 2.05) is 60.4 Å². The number of likely N-dealkylation sites (tertiary alicyclic amines) is 1. The van der Waals surface area contributed by atoms with Gasteiger partial charge in [-0.15, -0.1) is 0 Å². The van der Waals surface area contributed by atoms with E-state index >= 15 is 0 Å². The summed E-state index contributed by atoms with van der Waals surface area (Å²) in [6.45, 7) is 4.06. The van der Waals surface area contributed by atoms with E-state index < -0.39 is 6.04 Å². The lowest BCUT2D eigenvalue weighted by atomic mass is 10.0. The molecule has 0 aromatic heterocycles. The molecular formula is C22H27N3O2. The summed E-state index contributed by atoms with van der Waals surface area (Å²) in [5.41, 5.74) is 9.60. The normalized spacial score (nSPS) is 15.3. The Morgan fingerprint density at radius 2 is 1.63 bits per heavy atom. The van der Waals surface area contributed by atoms with Crippen molar-refractivity contribution in [2.45, 2.75) is 38.8 Å². The minimum absolute atomic E-state index is 0.0895. The van der Waals surface area contributed by atoms with Crippen LogP contribution in [-0.2, 0) is 11.3 Å². The molecule has 1 aliphatic rings. The van der Waals surface area contributed by atoms with E-state index in [1.165, 1.54) is 6.42 Å². The van der Waals surface area contributed by atoms with Gasteiger partial charge in [0.15, 0.2) is 0 Å². The third-order valence-corrected chi connectivity index (χ3v) is 5.03. The number of amides is 2. The SMILES string of the molecule is Cc1ccc(C(N)C(=O)NCc2ccc(C(=O)N3CCCCC3)cc2)cc1. The zero-order chi connectivity index (χ0) is 19.2. The van der Waals surface area contributed by atoms with Crippen LogP contribution in [0.1, 0.15) is 52.4 Å². The van der Waals surface area contributed by atoms with Gasteiger partial charge >= 0.3 is 0 Å². The van der Waals surface area contributed by atoms with Gasteiger partial charge in [-0.2, -0.15) is 0 Å². The minimum atomic E-state index is -0.689. The average Bonchev–Trinajstić information content (AvgIpc) is 2.72. The number of hydrogen-bond donors (Lipinski definition) is 2. The van der Waals surface area contributed by atoms with Gasteiger partial charge in [0, 0.05) is 25.2 Å². The molecule has 1 fully saturated rings. The van der Waals surface area contributed by atoms with Crippen molar-refractivity contribution < 1.29 is 9.59 Å². The van der Waals surface area contributed by atoms with Crippen molar-refractivity contribution in [1.82, 2.24) is 10.2 Å². The highest BCUT2D eigenvalue weighted by molar-refractivity contribution is 5.94. The maximum atomic E-state index is 12.5. The maximum absolute atomic E-state index is 12.5. The van der Waals surface area contributed by atoms with Gasteiger partial charge in [0.2, 0.25) is 5.91 Å². The predicted molar refractivity (Wildman–Crippen MR) is 106 cm³/mol. The molecule has 5 heteroatoms. The number of aryl methyl sites for hydroxylation is 1. The summed E-state index contributed by atoms with van der Waals surface area (Å²) >= 11 is 0. The van der Waals surface area contributed by atoms with Gasteiger partial charge in [-0.25, -0.2) is 0 Å². The second-order valence-electron chi connectivity index (χ2n) is 7.16. The maximum Gasteiger partial charge on any atom is 0.253 e. The van der Waals surface area contributed by atoms with Crippen molar-refractivity contribution in [3.63, 3.8) is 0 Å². The molecule has 2 aromatic rings. The Bertz CT molecular complexity index is 778. The smallest absolute Gasteiger partial charge is 0.253 e. The van der Waals surface area contributed by atoms with Gasteiger partial charge in [0.05, 0.1) is 0 Å². The minimum Gasteiger partial charge on any atom is -0.350 e. The Hall–Kier alpha value is -2.66. The zero-order valence-electron chi connectivity index (χ0n) is 15.8. The van der Waals surface area contributed by atoms with Crippen LogP contribution in [0.2, 0.25) is 0 Å². The molecule has 0 bridgehead atoms. The molecule has 5 nitrogen and oxygen atoms in total. The molecule has 1 heterocycles. The summed E-state index contributed by atoms with van der Waals surface area (Å²) in [5.74, 6) is -0.126. The molecular weight excluding hydrogens is 338 g/mol. The second kappa shape index (κ2) is 8.82. The fraction of sp³-hybridized carbons (Fsp3) is 0.364. The Balaban J connectivity index is 1.54. The molecule has 3 N–H and O–H groups in total. The molecule has 1 aliphatic heterocycles. The number of piperidine rings is 1. The number of hydrogen-bond acceptors (Lipinski definition) is 3. The van der Waals surface area contributed by atoms with E-state index in [-0.39, 0.29) is 11.8 Å². The lowest BCUT2D eigenvalue weighted by Crippen LogP contribution is -2.35. The molecule has 0 spiro atoms. The van der Waals surface area contributed by atoms with Crippen molar-refractivity contribution in [2.24, 2.45) is 5.73 Å². The monoisotopic (exact) mass is 365 g/mol. The van der Waals surface area contributed by atoms with Gasteiger partial charge in [-0.1, -0.05) is 42.0 Å². The standard InChI is InChI=1S/C22H27N3O2/c1-16-5-9-18(10-6-16)20(23)21(26)24-15-17-7-11-19(12-8-17)22(27)25-13-3-2-4-14-25/h5-12,20H,2-4,13-15,23H2,1H3,(H,24,26). The highest BCUT2D eigenvalue weighted by atomic mass is 16.2. The van der Waals surface area contributed by atoms with Crippen LogP contribution >= 0.6 is 0 Å². The van der Waals surface area contributed by atoms with Gasteiger partial charge in [0.1, 0.15) is 6.04 Å².